The lowest BCUT2D eigenvalue weighted by Crippen LogP contribution is -2.49. The second-order valence-electron chi connectivity index (χ2n) is 9.11. The summed E-state index contributed by atoms with van der Waals surface area (Å²) < 4.78 is 0. The summed E-state index contributed by atoms with van der Waals surface area (Å²) in [6.45, 7) is 9.45. The summed E-state index contributed by atoms with van der Waals surface area (Å²) in [4.78, 5) is 40.1. The highest BCUT2D eigenvalue weighted by Crippen LogP contribution is 2.40. The maximum absolute atomic E-state index is 12.5. The Kier molecular flexibility index (Phi) is 6.12. The molecule has 6 nitrogen and oxygen atoms in total. The van der Waals surface area contributed by atoms with Gasteiger partial charge in [-0.3, -0.25) is 25.2 Å². The van der Waals surface area contributed by atoms with Crippen LogP contribution in [0.5, 0.6) is 0 Å². The fraction of sp³-hybridized carbons (Fsp3) is 0.667. The number of hydrogen-bond donors (Lipinski definition) is 2. The van der Waals surface area contributed by atoms with Gasteiger partial charge in [-0.25, -0.2) is 0 Å². The minimum Gasteiger partial charge on any atom is -0.342 e. The van der Waals surface area contributed by atoms with Gasteiger partial charge in [0.15, 0.2) is 0 Å². The van der Waals surface area contributed by atoms with Crippen LogP contribution in [0.15, 0.2) is 6.07 Å². The number of carbonyl (C=O) groups is 3. The Hall–Kier alpha value is -1.89. The summed E-state index contributed by atoms with van der Waals surface area (Å²) in [5.74, 6) is -0.158. The smallest absolute Gasteiger partial charge is 0.279 e. The highest BCUT2D eigenvalue weighted by molar-refractivity contribution is 7.14. The number of piperidine rings is 1. The molecule has 0 unspecified atom stereocenters. The van der Waals surface area contributed by atoms with Crippen molar-refractivity contribution < 1.29 is 14.4 Å². The van der Waals surface area contributed by atoms with Crippen LogP contribution in [0, 0.1) is 17.3 Å². The van der Waals surface area contributed by atoms with Gasteiger partial charge < -0.3 is 4.90 Å². The molecule has 154 valence electrons. The van der Waals surface area contributed by atoms with Crippen molar-refractivity contribution in [3.8, 4) is 0 Å². The molecule has 2 heterocycles. The van der Waals surface area contributed by atoms with Gasteiger partial charge >= 0.3 is 0 Å². The third-order valence-corrected chi connectivity index (χ3v) is 7.30. The van der Waals surface area contributed by atoms with Crippen molar-refractivity contribution in [2.75, 3.05) is 13.1 Å². The number of carbonyl (C=O) groups excluding carboxylic acids is 3. The lowest BCUT2D eigenvalue weighted by atomic mass is 9.72. The molecule has 1 aliphatic heterocycles. The molecule has 1 saturated heterocycles. The van der Waals surface area contributed by atoms with E-state index in [1.807, 2.05) is 6.07 Å². The van der Waals surface area contributed by atoms with Gasteiger partial charge in [0.05, 0.1) is 10.8 Å². The van der Waals surface area contributed by atoms with E-state index in [0.717, 1.165) is 32.1 Å². The Bertz CT molecular complexity index is 765. The van der Waals surface area contributed by atoms with Crippen molar-refractivity contribution in [2.24, 2.45) is 17.3 Å². The molecule has 2 aliphatic rings. The average molecular weight is 406 g/mol. The number of nitrogens with one attached hydrogen (secondary N) is 2. The fourth-order valence-electron chi connectivity index (χ4n) is 4.13. The minimum atomic E-state index is -0.276. The molecule has 1 aromatic rings. The molecular weight excluding hydrogens is 374 g/mol. The average Bonchev–Trinajstić information content (AvgIpc) is 3.08. The molecule has 3 amide bonds. The molecule has 7 heteroatoms. The summed E-state index contributed by atoms with van der Waals surface area (Å²) in [5, 5.41) is 0. The molecule has 1 fully saturated rings. The van der Waals surface area contributed by atoms with Crippen molar-refractivity contribution in [1.82, 2.24) is 15.8 Å². The van der Waals surface area contributed by atoms with Crippen LogP contribution in [0.25, 0.3) is 0 Å². The van der Waals surface area contributed by atoms with E-state index in [-0.39, 0.29) is 29.1 Å². The molecule has 1 aromatic heterocycles. The zero-order chi connectivity index (χ0) is 20.5. The van der Waals surface area contributed by atoms with Crippen LogP contribution in [0.1, 0.15) is 67.1 Å². The van der Waals surface area contributed by atoms with Crippen molar-refractivity contribution in [2.45, 2.75) is 59.8 Å². The standard InChI is InChI=1S/C21H31N3O3S/c1-13(25)24-9-5-6-14(12-24)19(26)22-23-20(27)18-11-15-10-16(21(2,3)4)7-8-17(15)28-18/h11,14,16H,5-10,12H2,1-4H3,(H,22,26)(H,23,27)/t14-,16-/m0/s1. The number of hydrazine groups is 1. The van der Waals surface area contributed by atoms with Gasteiger partial charge in [-0.15, -0.1) is 11.3 Å². The SMILES string of the molecule is CC(=O)N1CCC[C@H](C(=O)NNC(=O)c2cc3c(s2)CC[C@H](C(C)(C)C)C3)C1. The van der Waals surface area contributed by atoms with Crippen LogP contribution in [0.3, 0.4) is 0 Å². The van der Waals surface area contributed by atoms with Crippen LogP contribution in [-0.2, 0) is 22.4 Å². The number of nitrogens with zero attached hydrogens (tertiary/aromatic N) is 1. The third kappa shape index (κ3) is 4.74. The highest BCUT2D eigenvalue weighted by Gasteiger charge is 2.31. The first-order chi connectivity index (χ1) is 13.1. The van der Waals surface area contributed by atoms with Gasteiger partial charge in [-0.2, -0.15) is 0 Å². The first-order valence-electron chi connectivity index (χ1n) is 10.1. The van der Waals surface area contributed by atoms with E-state index in [0.29, 0.717) is 23.9 Å². The van der Waals surface area contributed by atoms with Crippen molar-refractivity contribution in [3.05, 3.63) is 21.4 Å². The lowest BCUT2D eigenvalue weighted by Gasteiger charge is -2.33. The van der Waals surface area contributed by atoms with Crippen molar-refractivity contribution in [3.63, 3.8) is 0 Å². The molecule has 0 bridgehead atoms. The van der Waals surface area contributed by atoms with Gasteiger partial charge in [0.25, 0.3) is 5.91 Å². The molecule has 2 N–H and O–H groups in total. The van der Waals surface area contributed by atoms with Gasteiger partial charge in [-0.1, -0.05) is 20.8 Å². The zero-order valence-corrected chi connectivity index (χ0v) is 18.1. The Morgan fingerprint density at radius 3 is 2.61 bits per heavy atom. The number of thiophene rings is 1. The summed E-state index contributed by atoms with van der Waals surface area (Å²) in [5.41, 5.74) is 6.66. The number of aryl methyl sites for hydroxylation is 1. The van der Waals surface area contributed by atoms with Crippen LogP contribution in [-0.4, -0.2) is 35.7 Å². The topological polar surface area (TPSA) is 78.5 Å². The number of likely N-dealkylation sites (tertiary alicyclic amines) is 1. The largest absolute Gasteiger partial charge is 0.342 e. The summed E-state index contributed by atoms with van der Waals surface area (Å²) >= 11 is 1.53. The van der Waals surface area contributed by atoms with E-state index in [4.69, 9.17) is 0 Å². The molecule has 3 rings (SSSR count). The molecular formula is C21H31N3O3S. The summed E-state index contributed by atoms with van der Waals surface area (Å²) in [6, 6.07) is 1.98. The van der Waals surface area contributed by atoms with Crippen LogP contribution >= 0.6 is 11.3 Å². The van der Waals surface area contributed by atoms with Gasteiger partial charge in [0, 0.05) is 24.9 Å². The molecule has 1 aliphatic carbocycles. The van der Waals surface area contributed by atoms with E-state index in [1.54, 1.807) is 4.90 Å². The fourth-order valence-corrected chi connectivity index (χ4v) is 5.24. The van der Waals surface area contributed by atoms with Gasteiger partial charge in [0.2, 0.25) is 11.8 Å². The number of rotatable bonds is 2. The third-order valence-electron chi connectivity index (χ3n) is 6.07. The van der Waals surface area contributed by atoms with E-state index in [1.165, 1.54) is 28.7 Å². The Morgan fingerprint density at radius 1 is 1.18 bits per heavy atom. The Labute approximate surface area is 171 Å². The number of amides is 3. The quantitative estimate of drug-likeness (QED) is 0.743. The second-order valence-corrected chi connectivity index (χ2v) is 10.2. The van der Waals surface area contributed by atoms with Crippen molar-refractivity contribution >= 4 is 29.1 Å². The highest BCUT2D eigenvalue weighted by atomic mass is 32.1. The van der Waals surface area contributed by atoms with Crippen molar-refractivity contribution in [1.29, 1.82) is 0 Å². The maximum Gasteiger partial charge on any atom is 0.279 e. The number of hydrogen-bond acceptors (Lipinski definition) is 4. The lowest BCUT2D eigenvalue weighted by molar-refractivity contribution is -0.134. The van der Waals surface area contributed by atoms with Crippen LogP contribution < -0.4 is 10.9 Å². The maximum atomic E-state index is 12.5. The molecule has 0 radical (unpaired) electrons. The molecule has 0 saturated carbocycles. The summed E-state index contributed by atoms with van der Waals surface area (Å²) in [7, 11) is 0. The Balaban J connectivity index is 1.55. The van der Waals surface area contributed by atoms with E-state index >= 15 is 0 Å². The normalized spacial score (nSPS) is 22.4. The van der Waals surface area contributed by atoms with Gasteiger partial charge in [-0.05, 0) is 55.1 Å². The molecule has 28 heavy (non-hydrogen) atoms. The molecule has 2 atom stereocenters. The van der Waals surface area contributed by atoms with E-state index in [9.17, 15) is 14.4 Å². The molecule has 0 spiro atoms. The van der Waals surface area contributed by atoms with E-state index in [2.05, 4.69) is 31.6 Å². The molecule has 0 aromatic carbocycles. The minimum absolute atomic E-state index is 0.0146. The van der Waals surface area contributed by atoms with Crippen LogP contribution in [0.2, 0.25) is 0 Å². The second kappa shape index (κ2) is 8.23. The zero-order valence-electron chi connectivity index (χ0n) is 17.3. The first-order valence-corrected chi connectivity index (χ1v) is 10.9. The first kappa shape index (κ1) is 20.8. The van der Waals surface area contributed by atoms with Crippen LogP contribution in [0.4, 0.5) is 0 Å². The van der Waals surface area contributed by atoms with E-state index < -0.39 is 0 Å². The predicted octanol–water partition coefficient (Wildman–Crippen LogP) is 2.92. The predicted molar refractivity (Wildman–Crippen MR) is 110 cm³/mol. The Morgan fingerprint density at radius 2 is 1.93 bits per heavy atom. The van der Waals surface area contributed by atoms with Gasteiger partial charge in [0.1, 0.15) is 0 Å². The monoisotopic (exact) mass is 405 g/mol. The number of fused-ring (bicyclic) bond motifs is 1. The summed E-state index contributed by atoms with van der Waals surface area (Å²) in [6.07, 6.45) is 4.72.